The number of nitrogens with one attached hydrogen (secondary N) is 1. The minimum atomic E-state index is -3.14. The molecule has 0 aliphatic carbocycles. The van der Waals surface area contributed by atoms with Gasteiger partial charge in [-0.3, -0.25) is 9.69 Å². The lowest BCUT2D eigenvalue weighted by atomic mass is 9.87. The molecule has 14 heteroatoms. The van der Waals surface area contributed by atoms with E-state index in [9.17, 15) is 21.6 Å². The molecule has 2 aromatic rings. The molecule has 0 atom stereocenters. The molecule has 0 radical (unpaired) electrons. The molecule has 0 saturated carbocycles. The molecular weight excluding hydrogens is 556 g/mol. The molecule has 12 nitrogen and oxygen atoms in total. The van der Waals surface area contributed by atoms with Gasteiger partial charge in [-0.25, -0.2) is 26.8 Å². The Labute approximate surface area is 236 Å². The molecule has 218 valence electrons. The molecule has 1 amide bonds. The molecule has 1 aromatic carbocycles. The number of hydrogen-bond donors (Lipinski definition) is 1. The number of hydrogen-bond acceptors (Lipinski definition) is 11. The largest absolute Gasteiger partial charge is 0.486 e. The van der Waals surface area contributed by atoms with Gasteiger partial charge in [0, 0.05) is 65.3 Å². The summed E-state index contributed by atoms with van der Waals surface area (Å²) < 4.78 is 52.8. The van der Waals surface area contributed by atoms with E-state index >= 15 is 0 Å². The van der Waals surface area contributed by atoms with Crippen LogP contribution >= 0.6 is 0 Å². The van der Waals surface area contributed by atoms with Crippen LogP contribution in [0.3, 0.4) is 0 Å². The average molecular weight is 593 g/mol. The highest BCUT2D eigenvalue weighted by Gasteiger charge is 2.41. The average Bonchev–Trinajstić information content (AvgIpc) is 3.02. The van der Waals surface area contributed by atoms with Crippen molar-refractivity contribution in [3.8, 4) is 5.75 Å². The minimum absolute atomic E-state index is 0. The number of benzene rings is 1. The predicted molar refractivity (Wildman–Crippen MR) is 153 cm³/mol. The molecule has 4 aliphatic rings. The second-order valence-corrected chi connectivity index (χ2v) is 15.8. The smallest absolute Gasteiger partial charge is 0.223 e. The van der Waals surface area contributed by atoms with E-state index in [1.807, 2.05) is 11.8 Å². The molecule has 6 rings (SSSR count). The van der Waals surface area contributed by atoms with Crippen LogP contribution in [0.5, 0.6) is 5.75 Å². The van der Waals surface area contributed by atoms with Crippen LogP contribution in [0, 0.1) is 6.92 Å². The fourth-order valence-electron chi connectivity index (χ4n) is 5.78. The number of amides is 1. The molecule has 0 bridgehead atoms. The Kier molecular flexibility index (Phi) is 6.90. The summed E-state index contributed by atoms with van der Waals surface area (Å²) in [6.07, 6.45) is 2.71. The monoisotopic (exact) mass is 592 g/mol. The molecule has 3 fully saturated rings. The molecular formula is C26H36N6O6S2. The van der Waals surface area contributed by atoms with E-state index in [2.05, 4.69) is 32.3 Å². The van der Waals surface area contributed by atoms with Crippen molar-refractivity contribution in [2.45, 2.75) is 31.9 Å². The maximum absolute atomic E-state index is 12.2. The van der Waals surface area contributed by atoms with Crippen LogP contribution < -0.4 is 15.0 Å². The summed E-state index contributed by atoms with van der Waals surface area (Å²) >= 11 is 0. The first kappa shape index (κ1) is 27.2. The minimum Gasteiger partial charge on any atom is -0.486 e. The van der Waals surface area contributed by atoms with Gasteiger partial charge < -0.3 is 19.9 Å². The number of aryl methyl sites for hydroxylation is 1. The van der Waals surface area contributed by atoms with Crippen molar-refractivity contribution in [3.63, 3.8) is 0 Å². The highest BCUT2D eigenvalue weighted by atomic mass is 32.2. The number of likely N-dealkylation sites (tertiary alicyclic amines) is 2. The van der Waals surface area contributed by atoms with Crippen molar-refractivity contribution in [3.05, 3.63) is 35.2 Å². The van der Waals surface area contributed by atoms with Crippen molar-refractivity contribution in [2.75, 3.05) is 73.0 Å². The van der Waals surface area contributed by atoms with E-state index in [-0.39, 0.29) is 37.6 Å². The van der Waals surface area contributed by atoms with Gasteiger partial charge in [0.05, 0.1) is 28.5 Å². The standard InChI is InChI=1S/C26H34N6O6S2.H2/c1-17-9-18(19-11-31(12-19)20-13-32(14-20)23(33)3-6-39(2,34)35)10-22-24(17)38-15-21-25(29-22)27-16-28-26(21)30-4-7-40(36,37)8-5-30;/h9-10,16,19-20H,3-8,11-15H2,1-2H3,(H,27,28,29);1H. The maximum Gasteiger partial charge on any atom is 0.223 e. The molecule has 5 heterocycles. The van der Waals surface area contributed by atoms with Gasteiger partial charge in [0.15, 0.2) is 9.84 Å². The molecule has 1 N–H and O–H groups in total. The van der Waals surface area contributed by atoms with Crippen molar-refractivity contribution in [1.29, 1.82) is 0 Å². The molecule has 40 heavy (non-hydrogen) atoms. The fourth-order valence-corrected chi connectivity index (χ4v) is 7.52. The zero-order chi connectivity index (χ0) is 28.2. The van der Waals surface area contributed by atoms with Gasteiger partial charge in [0.1, 0.15) is 40.2 Å². The zero-order valence-corrected chi connectivity index (χ0v) is 24.3. The first-order chi connectivity index (χ1) is 19.0. The summed E-state index contributed by atoms with van der Waals surface area (Å²) in [5.74, 6) is 2.53. The number of carbonyl (C=O) groups is 1. The summed E-state index contributed by atoms with van der Waals surface area (Å²) in [5, 5.41) is 3.46. The van der Waals surface area contributed by atoms with Gasteiger partial charge >= 0.3 is 0 Å². The van der Waals surface area contributed by atoms with E-state index in [1.54, 1.807) is 4.90 Å². The molecule has 4 aliphatic heterocycles. The molecule has 3 saturated heterocycles. The molecule has 1 aromatic heterocycles. The number of fused-ring (bicyclic) bond motifs is 2. The Bertz CT molecular complexity index is 1540. The number of carbonyl (C=O) groups excluding carboxylic acids is 1. The summed E-state index contributed by atoms with van der Waals surface area (Å²) in [6.45, 7) is 6.20. The summed E-state index contributed by atoms with van der Waals surface area (Å²) in [5.41, 5.74) is 3.90. The lowest BCUT2D eigenvalue weighted by Gasteiger charge is -2.52. The van der Waals surface area contributed by atoms with Gasteiger partial charge in [-0.15, -0.1) is 0 Å². The summed E-state index contributed by atoms with van der Waals surface area (Å²) in [6, 6.07) is 4.60. The Balaban J connectivity index is 0.00000337. The highest BCUT2D eigenvalue weighted by Crippen LogP contribution is 2.42. The number of anilines is 3. The third-order valence-corrected chi connectivity index (χ3v) is 10.8. The summed E-state index contributed by atoms with van der Waals surface area (Å²) in [4.78, 5) is 27.3. The molecule has 0 spiro atoms. The Morgan fingerprint density at radius 2 is 1.88 bits per heavy atom. The van der Waals surface area contributed by atoms with Gasteiger partial charge in [-0.1, -0.05) is 6.07 Å². The summed E-state index contributed by atoms with van der Waals surface area (Å²) in [7, 11) is -6.15. The van der Waals surface area contributed by atoms with Crippen LogP contribution in [0.4, 0.5) is 17.3 Å². The first-order valence-corrected chi connectivity index (χ1v) is 17.4. The number of aromatic nitrogens is 2. The Morgan fingerprint density at radius 3 is 2.58 bits per heavy atom. The quantitative estimate of drug-likeness (QED) is 0.512. The van der Waals surface area contributed by atoms with Crippen LogP contribution in [0.2, 0.25) is 0 Å². The van der Waals surface area contributed by atoms with Gasteiger partial charge in [0.2, 0.25) is 5.91 Å². The van der Waals surface area contributed by atoms with Gasteiger partial charge in [0.25, 0.3) is 0 Å². The lowest BCUT2D eigenvalue weighted by molar-refractivity contribution is -0.139. The Morgan fingerprint density at radius 1 is 1.15 bits per heavy atom. The van der Waals surface area contributed by atoms with E-state index in [0.29, 0.717) is 49.8 Å². The van der Waals surface area contributed by atoms with Crippen molar-refractivity contribution in [1.82, 2.24) is 19.8 Å². The molecule has 0 unspecified atom stereocenters. The van der Waals surface area contributed by atoms with E-state index in [0.717, 1.165) is 41.9 Å². The van der Waals surface area contributed by atoms with Crippen molar-refractivity contribution >= 4 is 42.9 Å². The van der Waals surface area contributed by atoms with Crippen LogP contribution in [-0.4, -0.2) is 111 Å². The van der Waals surface area contributed by atoms with E-state index in [1.165, 1.54) is 11.9 Å². The zero-order valence-electron chi connectivity index (χ0n) is 22.7. The number of sulfone groups is 2. The van der Waals surface area contributed by atoms with Crippen LogP contribution in [0.1, 0.15) is 30.5 Å². The second-order valence-electron chi connectivity index (χ2n) is 11.3. The number of nitrogens with zero attached hydrogens (tertiary/aromatic N) is 5. The second kappa shape index (κ2) is 10.1. The van der Waals surface area contributed by atoms with Gasteiger partial charge in [-0.2, -0.15) is 0 Å². The lowest BCUT2D eigenvalue weighted by Crippen LogP contribution is -2.65. The maximum atomic E-state index is 12.2. The van der Waals surface area contributed by atoms with Crippen molar-refractivity contribution in [2.24, 2.45) is 0 Å². The predicted octanol–water partition coefficient (Wildman–Crippen LogP) is 0.947. The first-order valence-electron chi connectivity index (χ1n) is 13.5. The van der Waals surface area contributed by atoms with E-state index < -0.39 is 19.7 Å². The van der Waals surface area contributed by atoms with Crippen molar-refractivity contribution < 1.29 is 27.8 Å². The third kappa shape index (κ3) is 5.48. The topological polar surface area (TPSA) is 142 Å². The van der Waals surface area contributed by atoms with Crippen LogP contribution in [0.25, 0.3) is 0 Å². The highest BCUT2D eigenvalue weighted by molar-refractivity contribution is 7.91. The number of rotatable bonds is 6. The van der Waals surface area contributed by atoms with Crippen LogP contribution in [-0.2, 0) is 31.1 Å². The van der Waals surface area contributed by atoms with Crippen LogP contribution in [0.15, 0.2) is 18.5 Å². The third-order valence-electron chi connectivity index (χ3n) is 8.28. The van der Waals surface area contributed by atoms with E-state index in [4.69, 9.17) is 4.74 Å². The SMILES string of the molecule is Cc1cc(C2CN(C3CN(C(=O)CCS(C)(=O)=O)C3)C2)cc2c1OCc1c(ncnc1N1CCS(=O)(=O)CC1)N2.[HH]. The Hall–Kier alpha value is -2.97. The number of ether oxygens (including phenoxy) is 1. The normalized spacial score (nSPS) is 21.2. The fraction of sp³-hybridized carbons (Fsp3) is 0.577. The van der Waals surface area contributed by atoms with Gasteiger partial charge in [-0.05, 0) is 24.1 Å².